The lowest BCUT2D eigenvalue weighted by atomic mass is 10.0. The molecule has 0 aliphatic carbocycles. The fraction of sp³-hybridized carbons (Fsp3) is 0.375. The molecule has 0 spiro atoms. The van der Waals surface area contributed by atoms with Crippen molar-refractivity contribution in [2.75, 3.05) is 5.32 Å². The van der Waals surface area contributed by atoms with Gasteiger partial charge in [-0.15, -0.1) is 17.4 Å². The van der Waals surface area contributed by atoms with E-state index in [2.05, 4.69) is 37.0 Å². The van der Waals surface area contributed by atoms with Crippen LogP contribution in [-0.4, -0.2) is 31.8 Å². The second-order valence-electron chi connectivity index (χ2n) is 5.74. The van der Waals surface area contributed by atoms with E-state index in [1.165, 1.54) is 22.9 Å². The molecule has 25 heavy (non-hydrogen) atoms. The van der Waals surface area contributed by atoms with Crippen molar-refractivity contribution in [1.82, 2.24) is 20.2 Å². The quantitative estimate of drug-likeness (QED) is 0.782. The zero-order chi connectivity index (χ0) is 17.9. The average molecular weight is 341 g/mol. The lowest BCUT2D eigenvalue weighted by Gasteiger charge is -2.11. The van der Waals surface area contributed by atoms with Crippen LogP contribution in [0, 0.1) is 25.1 Å². The van der Waals surface area contributed by atoms with Gasteiger partial charge in [0.2, 0.25) is 5.91 Å². The van der Waals surface area contributed by atoms with E-state index >= 15 is 0 Å². The molecular formula is C16H16FN7O. The van der Waals surface area contributed by atoms with Gasteiger partial charge in [0, 0.05) is 25.7 Å². The van der Waals surface area contributed by atoms with E-state index in [4.69, 9.17) is 6.42 Å². The van der Waals surface area contributed by atoms with Crippen LogP contribution in [0.3, 0.4) is 0 Å². The Hall–Kier alpha value is -3.15. The van der Waals surface area contributed by atoms with E-state index in [-0.39, 0.29) is 18.0 Å². The Morgan fingerprint density at radius 2 is 2.20 bits per heavy atom. The number of terminal acetylenes is 1. The molecule has 1 aromatic heterocycles. The minimum Gasteiger partial charge on any atom is -0.324 e. The molecule has 0 fully saturated rings. The lowest BCUT2D eigenvalue weighted by molar-refractivity contribution is -0.116. The zero-order valence-electron chi connectivity index (χ0n) is 13.6. The average Bonchev–Trinajstić information content (AvgIpc) is 3.25. The van der Waals surface area contributed by atoms with Crippen molar-refractivity contribution in [2.45, 2.75) is 38.3 Å². The minimum absolute atomic E-state index is 0.0692. The Labute approximate surface area is 143 Å². The second kappa shape index (κ2) is 6.76. The maximum absolute atomic E-state index is 14.0. The van der Waals surface area contributed by atoms with Crippen LogP contribution in [0.25, 0.3) is 5.69 Å². The molecule has 0 saturated heterocycles. The van der Waals surface area contributed by atoms with Crippen molar-refractivity contribution in [1.29, 1.82) is 0 Å². The van der Waals surface area contributed by atoms with Crippen LogP contribution < -0.4 is 5.32 Å². The summed E-state index contributed by atoms with van der Waals surface area (Å²) >= 11 is 0. The SMILES string of the molecule is C#CCCC1(CCC(=O)Nc2cc(-n3nnnc3C)ccc2F)N=N1. The number of hydrogen-bond acceptors (Lipinski definition) is 6. The lowest BCUT2D eigenvalue weighted by Crippen LogP contribution is -2.18. The van der Waals surface area contributed by atoms with E-state index in [1.807, 2.05) is 0 Å². The van der Waals surface area contributed by atoms with Gasteiger partial charge < -0.3 is 5.32 Å². The van der Waals surface area contributed by atoms with E-state index in [1.54, 1.807) is 6.92 Å². The minimum atomic E-state index is -0.536. The van der Waals surface area contributed by atoms with Crippen LogP contribution in [0.2, 0.25) is 0 Å². The van der Waals surface area contributed by atoms with E-state index in [0.29, 0.717) is 30.8 Å². The van der Waals surface area contributed by atoms with Crippen molar-refractivity contribution >= 4 is 11.6 Å². The highest BCUT2D eigenvalue weighted by Gasteiger charge is 2.39. The smallest absolute Gasteiger partial charge is 0.224 e. The molecule has 0 unspecified atom stereocenters. The second-order valence-corrected chi connectivity index (χ2v) is 5.74. The standard InChI is InChI=1S/C16H16FN7O/c1-3-4-8-16(20-21-16)9-7-15(25)18-14-10-12(5-6-13(14)17)24-11(2)19-22-23-24/h1,5-6,10H,4,7-9H2,2H3,(H,18,25). The molecule has 2 heterocycles. The Bertz CT molecular complexity index is 862. The number of carbonyl (C=O) groups is 1. The number of nitrogens with zero attached hydrogens (tertiary/aromatic N) is 6. The largest absolute Gasteiger partial charge is 0.324 e. The molecule has 1 aromatic carbocycles. The number of rotatable bonds is 7. The van der Waals surface area contributed by atoms with Crippen LogP contribution in [0.5, 0.6) is 0 Å². The Morgan fingerprint density at radius 1 is 1.40 bits per heavy atom. The van der Waals surface area contributed by atoms with Crippen molar-refractivity contribution < 1.29 is 9.18 Å². The monoisotopic (exact) mass is 341 g/mol. The Morgan fingerprint density at radius 3 is 2.84 bits per heavy atom. The van der Waals surface area contributed by atoms with Crippen molar-refractivity contribution in [3.05, 3.63) is 29.8 Å². The van der Waals surface area contributed by atoms with Gasteiger partial charge in [-0.05, 0) is 35.5 Å². The number of nitrogens with one attached hydrogen (secondary N) is 1. The van der Waals surface area contributed by atoms with Crippen LogP contribution in [0.1, 0.15) is 31.5 Å². The van der Waals surface area contributed by atoms with E-state index in [0.717, 1.165) is 0 Å². The third-order valence-electron chi connectivity index (χ3n) is 3.90. The van der Waals surface area contributed by atoms with Crippen molar-refractivity contribution in [3.63, 3.8) is 0 Å². The summed E-state index contributed by atoms with van der Waals surface area (Å²) in [5, 5.41) is 21.7. The molecule has 1 amide bonds. The van der Waals surface area contributed by atoms with E-state index < -0.39 is 11.5 Å². The molecular weight excluding hydrogens is 325 g/mol. The summed E-state index contributed by atoms with van der Waals surface area (Å²) in [6, 6.07) is 4.27. The summed E-state index contributed by atoms with van der Waals surface area (Å²) in [5.74, 6) is 2.23. The van der Waals surface area contributed by atoms with Gasteiger partial charge in [-0.2, -0.15) is 14.9 Å². The predicted molar refractivity (Wildman–Crippen MR) is 87.4 cm³/mol. The molecule has 0 atom stereocenters. The number of aromatic nitrogens is 4. The first kappa shape index (κ1) is 16.7. The molecule has 0 radical (unpaired) electrons. The van der Waals surface area contributed by atoms with Gasteiger partial charge in [0.25, 0.3) is 0 Å². The highest BCUT2D eigenvalue weighted by atomic mass is 19.1. The van der Waals surface area contributed by atoms with Crippen LogP contribution in [0.15, 0.2) is 28.4 Å². The molecule has 0 bridgehead atoms. The molecule has 128 valence electrons. The third kappa shape index (κ3) is 3.85. The van der Waals surface area contributed by atoms with Gasteiger partial charge in [0.15, 0.2) is 11.5 Å². The summed E-state index contributed by atoms with van der Waals surface area (Å²) in [4.78, 5) is 12.1. The molecule has 1 aliphatic heterocycles. The maximum Gasteiger partial charge on any atom is 0.224 e. The molecule has 2 aromatic rings. The van der Waals surface area contributed by atoms with Crippen LogP contribution in [-0.2, 0) is 4.79 Å². The van der Waals surface area contributed by atoms with E-state index in [9.17, 15) is 9.18 Å². The molecule has 0 saturated carbocycles. The molecule has 8 nitrogen and oxygen atoms in total. The molecule has 9 heteroatoms. The first-order valence-corrected chi connectivity index (χ1v) is 7.75. The highest BCUT2D eigenvalue weighted by Crippen LogP contribution is 2.37. The summed E-state index contributed by atoms with van der Waals surface area (Å²) in [7, 11) is 0. The summed E-state index contributed by atoms with van der Waals surface area (Å²) in [5.41, 5.74) is 0.0878. The van der Waals surface area contributed by atoms with Gasteiger partial charge in [-0.1, -0.05) is 0 Å². The number of hydrogen-bond donors (Lipinski definition) is 1. The zero-order valence-corrected chi connectivity index (χ0v) is 13.6. The molecule has 3 rings (SSSR count). The van der Waals surface area contributed by atoms with Gasteiger partial charge >= 0.3 is 0 Å². The number of halogens is 1. The topological polar surface area (TPSA) is 97.4 Å². The fourth-order valence-electron chi connectivity index (χ4n) is 2.41. The fourth-order valence-corrected chi connectivity index (χ4v) is 2.41. The number of aryl methyl sites for hydroxylation is 1. The number of benzene rings is 1. The summed E-state index contributed by atoms with van der Waals surface area (Å²) in [6.07, 6.45) is 7.03. The summed E-state index contributed by atoms with van der Waals surface area (Å²) in [6.45, 7) is 1.72. The van der Waals surface area contributed by atoms with Gasteiger partial charge in [0.1, 0.15) is 5.82 Å². The first-order valence-electron chi connectivity index (χ1n) is 7.75. The van der Waals surface area contributed by atoms with Crippen LogP contribution in [0.4, 0.5) is 10.1 Å². The third-order valence-corrected chi connectivity index (χ3v) is 3.90. The normalized spacial score (nSPS) is 14.1. The highest BCUT2D eigenvalue weighted by molar-refractivity contribution is 5.91. The van der Waals surface area contributed by atoms with Crippen LogP contribution >= 0.6 is 0 Å². The Balaban J connectivity index is 1.63. The van der Waals surface area contributed by atoms with Gasteiger partial charge in [0.05, 0.1) is 11.4 Å². The maximum atomic E-state index is 14.0. The first-order chi connectivity index (χ1) is 12.0. The molecule has 1 N–H and O–H groups in total. The van der Waals surface area contributed by atoms with Gasteiger partial charge in [-0.3, -0.25) is 4.79 Å². The number of amides is 1. The number of tetrazole rings is 1. The number of anilines is 1. The van der Waals surface area contributed by atoms with Crippen molar-refractivity contribution in [2.24, 2.45) is 10.2 Å². The number of carbonyl (C=O) groups excluding carboxylic acids is 1. The molecule has 1 aliphatic rings. The summed E-state index contributed by atoms with van der Waals surface area (Å²) < 4.78 is 15.4. The van der Waals surface area contributed by atoms with Crippen molar-refractivity contribution in [3.8, 4) is 18.0 Å². The Kier molecular flexibility index (Phi) is 4.52. The van der Waals surface area contributed by atoms with Gasteiger partial charge in [-0.25, -0.2) is 4.39 Å². The predicted octanol–water partition coefficient (Wildman–Crippen LogP) is 2.40.